The van der Waals surface area contributed by atoms with Crippen molar-refractivity contribution in [1.29, 1.82) is 0 Å². The lowest BCUT2D eigenvalue weighted by Gasteiger charge is -2.40. The molecule has 2 rings (SSSR count). The van der Waals surface area contributed by atoms with Crippen LogP contribution in [0.3, 0.4) is 0 Å². The molecule has 1 nitrogen and oxygen atoms in total. The lowest BCUT2D eigenvalue weighted by Crippen LogP contribution is -2.44. The van der Waals surface area contributed by atoms with Crippen molar-refractivity contribution in [3.05, 3.63) is 35.9 Å². The predicted octanol–water partition coefficient (Wildman–Crippen LogP) is 5.35. The maximum absolute atomic E-state index is 3.78. The minimum atomic E-state index is 0.240. The zero-order valence-corrected chi connectivity index (χ0v) is 14.3. The fraction of sp³-hybridized carbons (Fsp3) is 0.700. The molecular weight excluding hydrogens is 254 g/mol. The number of aryl methyl sites for hydroxylation is 1. The first-order valence-corrected chi connectivity index (χ1v) is 8.78. The van der Waals surface area contributed by atoms with Crippen molar-refractivity contribution < 1.29 is 0 Å². The van der Waals surface area contributed by atoms with Crippen molar-refractivity contribution in [2.45, 2.75) is 77.7 Å². The molecule has 0 unspecified atom stereocenters. The van der Waals surface area contributed by atoms with E-state index < -0.39 is 0 Å². The zero-order chi connectivity index (χ0) is 15.2. The quantitative estimate of drug-likeness (QED) is 0.744. The Morgan fingerprint density at radius 2 is 1.67 bits per heavy atom. The summed E-state index contributed by atoms with van der Waals surface area (Å²) in [5, 5.41) is 3.78. The zero-order valence-electron chi connectivity index (χ0n) is 14.3. The van der Waals surface area contributed by atoms with Crippen LogP contribution in [0.15, 0.2) is 30.3 Å². The highest BCUT2D eigenvalue weighted by molar-refractivity contribution is 5.14. The molecule has 0 atom stereocenters. The van der Waals surface area contributed by atoms with Gasteiger partial charge in [0.15, 0.2) is 0 Å². The Bertz CT molecular complexity index is 396. The molecule has 118 valence electrons. The fourth-order valence-corrected chi connectivity index (χ4v) is 3.58. The van der Waals surface area contributed by atoms with Gasteiger partial charge in [-0.15, -0.1) is 0 Å². The molecule has 1 N–H and O–H groups in total. The number of hydrogen-bond donors (Lipinski definition) is 1. The molecular formula is C20H33N. The summed E-state index contributed by atoms with van der Waals surface area (Å²) in [5.41, 5.74) is 2.29. The second kappa shape index (κ2) is 7.45. The molecule has 1 aromatic carbocycles. The van der Waals surface area contributed by atoms with E-state index in [2.05, 4.69) is 56.4 Å². The summed E-state index contributed by atoms with van der Waals surface area (Å²) < 4.78 is 0. The van der Waals surface area contributed by atoms with Crippen molar-refractivity contribution in [3.63, 3.8) is 0 Å². The Morgan fingerprint density at radius 1 is 1.00 bits per heavy atom. The smallest absolute Gasteiger partial charge is 0.00967 e. The molecule has 0 heterocycles. The third-order valence-corrected chi connectivity index (χ3v) is 4.92. The van der Waals surface area contributed by atoms with Crippen LogP contribution in [0.4, 0.5) is 0 Å². The van der Waals surface area contributed by atoms with Crippen LogP contribution in [0.1, 0.15) is 71.3 Å². The highest BCUT2D eigenvalue weighted by atomic mass is 15.0. The van der Waals surface area contributed by atoms with E-state index in [0.29, 0.717) is 5.41 Å². The fourth-order valence-electron chi connectivity index (χ4n) is 3.58. The molecule has 0 saturated heterocycles. The van der Waals surface area contributed by atoms with Crippen LogP contribution in [0, 0.1) is 5.41 Å². The van der Waals surface area contributed by atoms with Gasteiger partial charge < -0.3 is 5.32 Å². The lowest BCUT2D eigenvalue weighted by atomic mass is 9.70. The number of rotatable bonds is 6. The van der Waals surface area contributed by atoms with Crippen LogP contribution < -0.4 is 5.32 Å². The van der Waals surface area contributed by atoms with Crippen molar-refractivity contribution >= 4 is 0 Å². The summed E-state index contributed by atoms with van der Waals surface area (Å²) in [6, 6.07) is 11.0. The number of hydrogen-bond acceptors (Lipinski definition) is 1. The first kappa shape index (κ1) is 16.5. The molecule has 1 aliphatic rings. The summed E-state index contributed by atoms with van der Waals surface area (Å²) in [4.78, 5) is 0. The first-order chi connectivity index (χ1) is 9.99. The average Bonchev–Trinajstić information content (AvgIpc) is 2.47. The molecule has 1 saturated carbocycles. The highest BCUT2D eigenvalue weighted by Gasteiger charge is 2.32. The Morgan fingerprint density at radius 3 is 2.29 bits per heavy atom. The summed E-state index contributed by atoms with van der Waals surface area (Å²) in [5.74, 6) is 0. The predicted molar refractivity (Wildman–Crippen MR) is 92.7 cm³/mol. The minimum absolute atomic E-state index is 0.240. The largest absolute Gasteiger partial charge is 0.312 e. The van der Waals surface area contributed by atoms with Crippen molar-refractivity contribution in [2.24, 2.45) is 5.41 Å². The van der Waals surface area contributed by atoms with Crippen molar-refractivity contribution in [3.8, 4) is 0 Å². The van der Waals surface area contributed by atoms with Gasteiger partial charge in [-0.25, -0.2) is 0 Å². The van der Waals surface area contributed by atoms with E-state index in [4.69, 9.17) is 0 Å². The third kappa shape index (κ3) is 5.82. The molecule has 0 radical (unpaired) electrons. The Kier molecular flexibility index (Phi) is 5.87. The SMILES string of the molecule is CC(C)(C)NCC1(CCCc2ccccc2)CCCCC1. The van der Waals surface area contributed by atoms with Gasteiger partial charge in [-0.1, -0.05) is 49.6 Å². The Balaban J connectivity index is 1.87. The molecule has 21 heavy (non-hydrogen) atoms. The van der Waals surface area contributed by atoms with E-state index in [0.717, 1.165) is 0 Å². The summed E-state index contributed by atoms with van der Waals surface area (Å²) in [6.45, 7) is 8.06. The molecule has 0 bridgehead atoms. The second-order valence-electron chi connectivity index (χ2n) is 8.00. The standard InChI is InChI=1S/C20H33N/c1-19(2,3)21-17-20(14-8-5-9-15-20)16-10-13-18-11-6-4-7-12-18/h4,6-7,11-12,21H,5,8-10,13-17H2,1-3H3. The van der Waals surface area contributed by atoms with Gasteiger partial charge in [0.05, 0.1) is 0 Å². The van der Waals surface area contributed by atoms with E-state index in [1.807, 2.05) is 0 Å². The summed E-state index contributed by atoms with van der Waals surface area (Å²) >= 11 is 0. The maximum atomic E-state index is 3.78. The van der Waals surface area contributed by atoms with Crippen molar-refractivity contribution in [1.82, 2.24) is 5.32 Å². The van der Waals surface area contributed by atoms with Gasteiger partial charge in [-0.2, -0.15) is 0 Å². The van der Waals surface area contributed by atoms with Gasteiger partial charge in [0.25, 0.3) is 0 Å². The van der Waals surface area contributed by atoms with Gasteiger partial charge in [0.2, 0.25) is 0 Å². The van der Waals surface area contributed by atoms with Gasteiger partial charge in [0, 0.05) is 12.1 Å². The van der Waals surface area contributed by atoms with Crippen LogP contribution in [-0.2, 0) is 6.42 Å². The van der Waals surface area contributed by atoms with E-state index in [1.54, 1.807) is 0 Å². The molecule has 0 aliphatic heterocycles. The van der Waals surface area contributed by atoms with Crippen LogP contribution >= 0.6 is 0 Å². The van der Waals surface area contributed by atoms with Gasteiger partial charge in [0.1, 0.15) is 0 Å². The molecule has 0 spiro atoms. The van der Waals surface area contributed by atoms with Crippen LogP contribution in [0.2, 0.25) is 0 Å². The van der Waals surface area contributed by atoms with E-state index in [9.17, 15) is 0 Å². The molecule has 1 aliphatic carbocycles. The number of nitrogens with one attached hydrogen (secondary N) is 1. The molecule has 1 aromatic rings. The van der Waals surface area contributed by atoms with Crippen LogP contribution in [0.25, 0.3) is 0 Å². The van der Waals surface area contributed by atoms with E-state index in [1.165, 1.54) is 63.5 Å². The summed E-state index contributed by atoms with van der Waals surface area (Å²) in [6.07, 6.45) is 11.1. The molecule has 1 fully saturated rings. The van der Waals surface area contributed by atoms with Gasteiger partial charge in [-0.3, -0.25) is 0 Å². The van der Waals surface area contributed by atoms with Crippen molar-refractivity contribution in [2.75, 3.05) is 6.54 Å². The van der Waals surface area contributed by atoms with E-state index in [-0.39, 0.29) is 5.54 Å². The molecule has 0 aromatic heterocycles. The first-order valence-electron chi connectivity index (χ1n) is 8.78. The third-order valence-electron chi connectivity index (χ3n) is 4.92. The topological polar surface area (TPSA) is 12.0 Å². The maximum Gasteiger partial charge on any atom is 0.00967 e. The normalized spacial score (nSPS) is 18.6. The number of benzene rings is 1. The van der Waals surface area contributed by atoms with Gasteiger partial charge in [-0.05, 0) is 63.9 Å². The Labute approximate surface area is 131 Å². The monoisotopic (exact) mass is 287 g/mol. The second-order valence-corrected chi connectivity index (χ2v) is 8.00. The van der Waals surface area contributed by atoms with E-state index >= 15 is 0 Å². The van der Waals surface area contributed by atoms with Gasteiger partial charge >= 0.3 is 0 Å². The average molecular weight is 287 g/mol. The summed E-state index contributed by atoms with van der Waals surface area (Å²) in [7, 11) is 0. The molecule has 0 amide bonds. The lowest BCUT2D eigenvalue weighted by molar-refractivity contribution is 0.149. The Hall–Kier alpha value is -0.820. The van der Waals surface area contributed by atoms with Crippen LogP contribution in [-0.4, -0.2) is 12.1 Å². The molecule has 1 heteroatoms. The highest BCUT2D eigenvalue weighted by Crippen LogP contribution is 2.40. The van der Waals surface area contributed by atoms with Crippen LogP contribution in [0.5, 0.6) is 0 Å². The minimum Gasteiger partial charge on any atom is -0.312 e.